The zero-order chi connectivity index (χ0) is 14.6. The summed E-state index contributed by atoms with van der Waals surface area (Å²) < 4.78 is 10.7. The van der Waals surface area contributed by atoms with Crippen molar-refractivity contribution in [1.82, 2.24) is 0 Å². The molecule has 0 aliphatic carbocycles. The van der Waals surface area contributed by atoms with Crippen molar-refractivity contribution in [2.45, 2.75) is 32.7 Å². The third-order valence-corrected chi connectivity index (χ3v) is 3.19. The summed E-state index contributed by atoms with van der Waals surface area (Å²) in [6.45, 7) is 3.81. The van der Waals surface area contributed by atoms with Gasteiger partial charge in [0.15, 0.2) is 0 Å². The van der Waals surface area contributed by atoms with Crippen LogP contribution in [-0.2, 0) is 4.79 Å². The molecule has 1 unspecified atom stereocenters. The van der Waals surface area contributed by atoms with E-state index in [2.05, 4.69) is 0 Å². The van der Waals surface area contributed by atoms with Crippen LogP contribution in [0.3, 0.4) is 0 Å². The van der Waals surface area contributed by atoms with Crippen molar-refractivity contribution in [3.8, 4) is 11.5 Å². The standard InChI is InChI=1S/C14H21NO4/c1-8-7-11(18-3)9(2)13(14(8)19-4)10(15)5-6-12(16)17/h7,10H,5-6,15H2,1-4H3,(H,16,17). The Hall–Kier alpha value is -1.75. The van der Waals surface area contributed by atoms with Crippen LogP contribution in [0.15, 0.2) is 6.07 Å². The summed E-state index contributed by atoms with van der Waals surface area (Å²) in [4.78, 5) is 10.7. The SMILES string of the molecule is COc1cc(C)c(OC)c(C(N)CCC(=O)O)c1C. The summed E-state index contributed by atoms with van der Waals surface area (Å²) >= 11 is 0. The predicted octanol–water partition coefficient (Wildman–Crippen LogP) is 2.19. The predicted molar refractivity (Wildman–Crippen MR) is 72.8 cm³/mol. The van der Waals surface area contributed by atoms with Crippen LogP contribution in [0.1, 0.15) is 35.6 Å². The monoisotopic (exact) mass is 267 g/mol. The van der Waals surface area contributed by atoms with E-state index in [1.807, 2.05) is 19.9 Å². The third-order valence-electron chi connectivity index (χ3n) is 3.19. The van der Waals surface area contributed by atoms with Crippen LogP contribution in [0.25, 0.3) is 0 Å². The lowest BCUT2D eigenvalue weighted by Crippen LogP contribution is -2.16. The Morgan fingerprint density at radius 2 is 2.00 bits per heavy atom. The van der Waals surface area contributed by atoms with Gasteiger partial charge in [0.1, 0.15) is 11.5 Å². The second-order valence-corrected chi connectivity index (χ2v) is 4.51. The van der Waals surface area contributed by atoms with Crippen LogP contribution >= 0.6 is 0 Å². The average Bonchev–Trinajstić information content (AvgIpc) is 2.37. The fourth-order valence-electron chi connectivity index (χ4n) is 2.24. The highest BCUT2D eigenvalue weighted by Gasteiger charge is 2.20. The van der Waals surface area contributed by atoms with Gasteiger partial charge in [-0.25, -0.2) is 0 Å². The number of benzene rings is 1. The molecule has 106 valence electrons. The molecule has 0 aliphatic rings. The number of carboxylic acids is 1. The van der Waals surface area contributed by atoms with Crippen molar-refractivity contribution in [2.75, 3.05) is 14.2 Å². The van der Waals surface area contributed by atoms with E-state index < -0.39 is 5.97 Å². The Labute approximate surface area is 113 Å². The third kappa shape index (κ3) is 3.38. The number of carboxylic acid groups (broad SMARTS) is 1. The lowest BCUT2D eigenvalue weighted by atomic mass is 9.94. The molecule has 1 aromatic carbocycles. The van der Waals surface area contributed by atoms with Crippen molar-refractivity contribution < 1.29 is 19.4 Å². The summed E-state index contributed by atoms with van der Waals surface area (Å²) in [5.41, 5.74) is 8.75. The van der Waals surface area contributed by atoms with Gasteiger partial charge in [-0.2, -0.15) is 0 Å². The van der Waals surface area contributed by atoms with Crippen LogP contribution < -0.4 is 15.2 Å². The number of aliphatic carboxylic acids is 1. The lowest BCUT2D eigenvalue weighted by Gasteiger charge is -2.21. The number of aryl methyl sites for hydroxylation is 1. The van der Waals surface area contributed by atoms with Crippen LogP contribution in [0.4, 0.5) is 0 Å². The molecule has 1 rings (SSSR count). The molecule has 1 aromatic rings. The minimum absolute atomic E-state index is 0.0278. The number of nitrogens with two attached hydrogens (primary N) is 1. The van der Waals surface area contributed by atoms with Crippen LogP contribution in [0, 0.1) is 13.8 Å². The Balaban J connectivity index is 3.22. The molecule has 0 radical (unpaired) electrons. The summed E-state index contributed by atoms with van der Waals surface area (Å²) in [7, 11) is 3.18. The largest absolute Gasteiger partial charge is 0.496 e. The molecule has 0 saturated carbocycles. The Kier molecular flexibility index (Phi) is 5.18. The first kappa shape index (κ1) is 15.3. The Morgan fingerprint density at radius 1 is 1.37 bits per heavy atom. The van der Waals surface area contributed by atoms with Gasteiger partial charge in [-0.3, -0.25) is 4.79 Å². The van der Waals surface area contributed by atoms with Gasteiger partial charge in [0.05, 0.1) is 14.2 Å². The quantitative estimate of drug-likeness (QED) is 0.825. The molecule has 0 spiro atoms. The highest BCUT2D eigenvalue weighted by atomic mass is 16.5. The molecule has 1 atom stereocenters. The molecule has 0 aromatic heterocycles. The minimum Gasteiger partial charge on any atom is -0.496 e. The van der Waals surface area contributed by atoms with Gasteiger partial charge in [-0.15, -0.1) is 0 Å². The van der Waals surface area contributed by atoms with Gasteiger partial charge in [0.2, 0.25) is 0 Å². The van der Waals surface area contributed by atoms with Gasteiger partial charge in [-0.1, -0.05) is 0 Å². The second-order valence-electron chi connectivity index (χ2n) is 4.51. The number of ether oxygens (including phenoxy) is 2. The molecule has 0 saturated heterocycles. The molecule has 19 heavy (non-hydrogen) atoms. The van der Waals surface area contributed by atoms with Crippen molar-refractivity contribution in [2.24, 2.45) is 5.73 Å². The summed E-state index contributed by atoms with van der Waals surface area (Å²) in [6.07, 6.45) is 0.388. The van der Waals surface area contributed by atoms with E-state index in [1.54, 1.807) is 14.2 Å². The molecular formula is C14H21NO4. The first-order valence-corrected chi connectivity index (χ1v) is 6.11. The number of hydrogen-bond acceptors (Lipinski definition) is 4. The molecule has 3 N–H and O–H groups in total. The van der Waals surface area contributed by atoms with Crippen LogP contribution in [-0.4, -0.2) is 25.3 Å². The van der Waals surface area contributed by atoms with Gasteiger partial charge in [0.25, 0.3) is 0 Å². The molecule has 5 heteroatoms. The number of hydrogen-bond donors (Lipinski definition) is 2. The smallest absolute Gasteiger partial charge is 0.303 e. The normalized spacial score (nSPS) is 12.1. The maximum absolute atomic E-state index is 10.7. The Bertz CT molecular complexity index is 471. The summed E-state index contributed by atoms with van der Waals surface area (Å²) in [5.74, 6) is 0.585. The maximum Gasteiger partial charge on any atom is 0.303 e. The van der Waals surface area contributed by atoms with E-state index in [9.17, 15) is 4.79 Å². The van der Waals surface area contributed by atoms with Crippen LogP contribution in [0.2, 0.25) is 0 Å². The van der Waals surface area contributed by atoms with E-state index in [0.717, 1.165) is 22.4 Å². The minimum atomic E-state index is -0.855. The highest BCUT2D eigenvalue weighted by molar-refractivity contribution is 5.67. The summed E-state index contributed by atoms with van der Waals surface area (Å²) in [6, 6.07) is 1.50. The van der Waals surface area contributed by atoms with E-state index in [-0.39, 0.29) is 12.5 Å². The molecule has 0 amide bonds. The second kappa shape index (κ2) is 6.43. The van der Waals surface area contributed by atoms with Crippen molar-refractivity contribution >= 4 is 5.97 Å². The molecule has 0 fully saturated rings. The maximum atomic E-state index is 10.7. The fourth-order valence-corrected chi connectivity index (χ4v) is 2.24. The first-order valence-electron chi connectivity index (χ1n) is 6.11. The van der Waals surface area contributed by atoms with E-state index in [1.165, 1.54) is 0 Å². The molecule has 0 heterocycles. The Morgan fingerprint density at radius 3 is 2.47 bits per heavy atom. The number of rotatable bonds is 6. The van der Waals surface area contributed by atoms with Gasteiger partial charge < -0.3 is 20.3 Å². The number of methoxy groups -OCH3 is 2. The van der Waals surface area contributed by atoms with E-state index in [0.29, 0.717) is 12.2 Å². The topological polar surface area (TPSA) is 81.8 Å². The van der Waals surface area contributed by atoms with E-state index >= 15 is 0 Å². The van der Waals surface area contributed by atoms with E-state index in [4.69, 9.17) is 20.3 Å². The number of carbonyl (C=O) groups is 1. The van der Waals surface area contributed by atoms with Crippen molar-refractivity contribution in [3.63, 3.8) is 0 Å². The van der Waals surface area contributed by atoms with Crippen molar-refractivity contribution in [3.05, 3.63) is 22.8 Å². The molecule has 0 bridgehead atoms. The van der Waals surface area contributed by atoms with Gasteiger partial charge in [-0.05, 0) is 37.5 Å². The summed E-state index contributed by atoms with van der Waals surface area (Å²) in [5, 5.41) is 8.75. The molecule has 0 aliphatic heterocycles. The fraction of sp³-hybridized carbons (Fsp3) is 0.500. The van der Waals surface area contributed by atoms with Crippen LogP contribution in [0.5, 0.6) is 11.5 Å². The zero-order valence-corrected chi connectivity index (χ0v) is 11.8. The zero-order valence-electron chi connectivity index (χ0n) is 11.8. The van der Waals surface area contributed by atoms with Crippen molar-refractivity contribution in [1.29, 1.82) is 0 Å². The average molecular weight is 267 g/mol. The highest BCUT2D eigenvalue weighted by Crippen LogP contribution is 2.37. The van der Waals surface area contributed by atoms with Gasteiger partial charge in [0, 0.05) is 18.0 Å². The molecular weight excluding hydrogens is 246 g/mol. The van der Waals surface area contributed by atoms with Gasteiger partial charge >= 0.3 is 5.97 Å². The first-order chi connectivity index (χ1) is 8.92. The lowest BCUT2D eigenvalue weighted by molar-refractivity contribution is -0.137. The molecule has 5 nitrogen and oxygen atoms in total.